The predicted molar refractivity (Wildman–Crippen MR) is 91.6 cm³/mol. The van der Waals surface area contributed by atoms with Crippen molar-refractivity contribution in [2.75, 3.05) is 6.54 Å². The molecule has 1 unspecified atom stereocenters. The van der Waals surface area contributed by atoms with Crippen molar-refractivity contribution < 1.29 is 23.8 Å². The minimum absolute atomic E-state index is 0.0149. The molecule has 7 heteroatoms. The van der Waals surface area contributed by atoms with E-state index in [-0.39, 0.29) is 29.7 Å². The maximum absolute atomic E-state index is 12.1. The van der Waals surface area contributed by atoms with E-state index in [1.807, 2.05) is 31.2 Å². The van der Waals surface area contributed by atoms with Crippen LogP contribution in [0.2, 0.25) is 0 Å². The van der Waals surface area contributed by atoms with E-state index in [0.29, 0.717) is 12.2 Å². The Hall–Kier alpha value is -2.28. The standard InChI is InChI=1S/C17H18BrNO5/c1-3-14-13(17(21)22)8-15(24-14)16(20)19-9-10(2)23-12-6-4-5-11(18)7-12/h4-8,10H,3,9H2,1-2H3,(H,19,20)(H,21,22). The average molecular weight is 396 g/mol. The van der Waals surface area contributed by atoms with Gasteiger partial charge in [-0.2, -0.15) is 0 Å². The van der Waals surface area contributed by atoms with Gasteiger partial charge in [-0.3, -0.25) is 4.79 Å². The van der Waals surface area contributed by atoms with Crippen LogP contribution in [0, 0.1) is 0 Å². The monoisotopic (exact) mass is 395 g/mol. The van der Waals surface area contributed by atoms with Gasteiger partial charge in [0.25, 0.3) is 5.91 Å². The van der Waals surface area contributed by atoms with Crippen LogP contribution in [0.4, 0.5) is 0 Å². The molecule has 128 valence electrons. The number of carboxylic acid groups (broad SMARTS) is 1. The number of halogens is 1. The van der Waals surface area contributed by atoms with Gasteiger partial charge in [-0.05, 0) is 25.1 Å². The van der Waals surface area contributed by atoms with E-state index in [1.54, 1.807) is 6.92 Å². The van der Waals surface area contributed by atoms with Crippen molar-refractivity contribution in [3.8, 4) is 5.75 Å². The summed E-state index contributed by atoms with van der Waals surface area (Å²) in [4.78, 5) is 23.2. The average Bonchev–Trinajstić information content (AvgIpc) is 2.97. The SMILES string of the molecule is CCc1oc(C(=O)NCC(C)Oc2cccc(Br)c2)cc1C(=O)O. The molecule has 0 aliphatic rings. The highest BCUT2D eigenvalue weighted by molar-refractivity contribution is 9.10. The summed E-state index contributed by atoms with van der Waals surface area (Å²) in [5.41, 5.74) is 0.0149. The van der Waals surface area contributed by atoms with Crippen molar-refractivity contribution >= 4 is 27.8 Å². The number of amides is 1. The fourth-order valence-electron chi connectivity index (χ4n) is 2.12. The van der Waals surface area contributed by atoms with Gasteiger partial charge in [-0.15, -0.1) is 0 Å². The fraction of sp³-hybridized carbons (Fsp3) is 0.294. The van der Waals surface area contributed by atoms with E-state index in [2.05, 4.69) is 21.2 Å². The molecular formula is C17H18BrNO5. The lowest BCUT2D eigenvalue weighted by Gasteiger charge is -2.15. The first-order chi connectivity index (χ1) is 11.4. The Morgan fingerprint density at radius 1 is 1.38 bits per heavy atom. The molecule has 0 aliphatic heterocycles. The van der Waals surface area contributed by atoms with E-state index in [9.17, 15) is 9.59 Å². The number of nitrogens with one attached hydrogen (secondary N) is 1. The number of ether oxygens (including phenoxy) is 1. The first kappa shape index (κ1) is 18.1. The molecule has 0 aliphatic carbocycles. The van der Waals surface area contributed by atoms with Gasteiger partial charge in [0.2, 0.25) is 0 Å². The van der Waals surface area contributed by atoms with E-state index in [1.165, 1.54) is 6.07 Å². The summed E-state index contributed by atoms with van der Waals surface area (Å²) >= 11 is 3.36. The van der Waals surface area contributed by atoms with Gasteiger partial charge in [-0.25, -0.2) is 4.79 Å². The number of hydrogen-bond acceptors (Lipinski definition) is 4. The summed E-state index contributed by atoms with van der Waals surface area (Å²) in [5.74, 6) is -0.626. The van der Waals surface area contributed by atoms with Crippen LogP contribution in [0.1, 0.15) is 40.5 Å². The van der Waals surface area contributed by atoms with Crippen molar-refractivity contribution in [2.45, 2.75) is 26.4 Å². The molecule has 1 aromatic heterocycles. The van der Waals surface area contributed by atoms with Crippen LogP contribution in [0.15, 0.2) is 39.2 Å². The molecule has 0 spiro atoms. The number of aryl methyl sites for hydroxylation is 1. The van der Waals surface area contributed by atoms with Crippen LogP contribution >= 0.6 is 15.9 Å². The molecule has 1 aromatic carbocycles. The number of aromatic carboxylic acids is 1. The molecule has 6 nitrogen and oxygen atoms in total. The van der Waals surface area contributed by atoms with Crippen LogP contribution < -0.4 is 10.1 Å². The molecule has 2 rings (SSSR count). The van der Waals surface area contributed by atoms with Gasteiger partial charge >= 0.3 is 5.97 Å². The zero-order valence-corrected chi connectivity index (χ0v) is 14.9. The first-order valence-corrected chi connectivity index (χ1v) is 8.26. The fourth-order valence-corrected chi connectivity index (χ4v) is 2.50. The number of carbonyl (C=O) groups excluding carboxylic acids is 1. The highest BCUT2D eigenvalue weighted by atomic mass is 79.9. The third kappa shape index (κ3) is 4.61. The largest absolute Gasteiger partial charge is 0.489 e. The van der Waals surface area contributed by atoms with E-state index < -0.39 is 11.9 Å². The first-order valence-electron chi connectivity index (χ1n) is 7.47. The summed E-state index contributed by atoms with van der Waals surface area (Å²) in [5, 5.41) is 11.8. The minimum atomic E-state index is -1.11. The second-order valence-electron chi connectivity index (χ2n) is 5.20. The Bertz CT molecular complexity index is 740. The molecule has 0 saturated heterocycles. The van der Waals surface area contributed by atoms with Crippen LogP contribution in [-0.4, -0.2) is 29.6 Å². The quantitative estimate of drug-likeness (QED) is 0.748. The third-order valence-electron chi connectivity index (χ3n) is 3.27. The molecular weight excluding hydrogens is 378 g/mol. The second kappa shape index (κ2) is 8.01. The smallest absolute Gasteiger partial charge is 0.339 e. The summed E-state index contributed by atoms with van der Waals surface area (Å²) < 4.78 is 11.9. The maximum Gasteiger partial charge on any atom is 0.339 e. The molecule has 0 saturated carbocycles. The third-order valence-corrected chi connectivity index (χ3v) is 3.76. The lowest BCUT2D eigenvalue weighted by atomic mass is 10.2. The molecule has 2 aromatic rings. The van der Waals surface area contributed by atoms with Crippen LogP contribution in [0.25, 0.3) is 0 Å². The van der Waals surface area contributed by atoms with Gasteiger partial charge in [0.05, 0.1) is 6.54 Å². The Labute approximate surface area is 147 Å². The highest BCUT2D eigenvalue weighted by Gasteiger charge is 2.20. The van der Waals surface area contributed by atoms with Crippen molar-refractivity contribution in [3.63, 3.8) is 0 Å². The summed E-state index contributed by atoms with van der Waals surface area (Å²) in [7, 11) is 0. The number of hydrogen-bond donors (Lipinski definition) is 2. The summed E-state index contributed by atoms with van der Waals surface area (Å²) in [6.07, 6.45) is 0.139. The Morgan fingerprint density at radius 3 is 2.71 bits per heavy atom. The number of carbonyl (C=O) groups is 2. The lowest BCUT2D eigenvalue weighted by molar-refractivity contribution is 0.0694. The topological polar surface area (TPSA) is 88.8 Å². The number of benzene rings is 1. The maximum atomic E-state index is 12.1. The normalized spacial score (nSPS) is 11.8. The Morgan fingerprint density at radius 2 is 2.12 bits per heavy atom. The molecule has 1 atom stereocenters. The van der Waals surface area contributed by atoms with E-state index in [4.69, 9.17) is 14.3 Å². The van der Waals surface area contributed by atoms with E-state index >= 15 is 0 Å². The molecule has 1 heterocycles. The molecule has 1 amide bonds. The van der Waals surface area contributed by atoms with Crippen LogP contribution in [0.5, 0.6) is 5.75 Å². The molecule has 0 fully saturated rings. The zero-order valence-electron chi connectivity index (χ0n) is 13.3. The van der Waals surface area contributed by atoms with Crippen molar-refractivity contribution in [1.82, 2.24) is 5.32 Å². The molecule has 2 N–H and O–H groups in total. The molecule has 24 heavy (non-hydrogen) atoms. The zero-order chi connectivity index (χ0) is 17.7. The lowest BCUT2D eigenvalue weighted by Crippen LogP contribution is -2.33. The predicted octanol–water partition coefficient (Wildman–Crippen LogP) is 3.50. The molecule has 0 bridgehead atoms. The van der Waals surface area contributed by atoms with Gasteiger partial charge in [0.15, 0.2) is 5.76 Å². The summed E-state index contributed by atoms with van der Waals surface area (Å²) in [6.45, 7) is 3.85. The Balaban J connectivity index is 1.94. The van der Waals surface area contributed by atoms with Crippen LogP contribution in [-0.2, 0) is 6.42 Å². The highest BCUT2D eigenvalue weighted by Crippen LogP contribution is 2.19. The van der Waals surface area contributed by atoms with E-state index in [0.717, 1.165) is 4.47 Å². The molecule has 0 radical (unpaired) electrons. The van der Waals surface area contributed by atoms with Gasteiger partial charge in [0, 0.05) is 17.0 Å². The van der Waals surface area contributed by atoms with Crippen LogP contribution in [0.3, 0.4) is 0 Å². The number of carboxylic acids is 1. The van der Waals surface area contributed by atoms with Gasteiger partial charge < -0.3 is 19.6 Å². The van der Waals surface area contributed by atoms with Gasteiger partial charge in [-0.1, -0.05) is 28.9 Å². The second-order valence-corrected chi connectivity index (χ2v) is 6.12. The van der Waals surface area contributed by atoms with Crippen molar-refractivity contribution in [2.24, 2.45) is 0 Å². The number of rotatable bonds is 7. The minimum Gasteiger partial charge on any atom is -0.489 e. The number of furan rings is 1. The Kier molecular flexibility index (Phi) is 6.03. The summed E-state index contributed by atoms with van der Waals surface area (Å²) in [6, 6.07) is 8.64. The van der Waals surface area contributed by atoms with Crippen molar-refractivity contribution in [3.05, 3.63) is 51.9 Å². The van der Waals surface area contributed by atoms with Crippen molar-refractivity contribution in [1.29, 1.82) is 0 Å². The van der Waals surface area contributed by atoms with Gasteiger partial charge in [0.1, 0.15) is 23.2 Å².